The molecule has 0 aliphatic rings. The summed E-state index contributed by atoms with van der Waals surface area (Å²) in [5.74, 6) is -3.52. The minimum Gasteiger partial charge on any atom is -0.486 e. The number of carbonyl (C=O) groups is 2. The molecule has 1 rings (SSSR count). The Balaban J connectivity index is 2.57. The predicted molar refractivity (Wildman–Crippen MR) is 82.0 cm³/mol. The molecular formula is C16H21F2NO5. The largest absolute Gasteiger partial charge is 0.486 e. The van der Waals surface area contributed by atoms with E-state index in [0.29, 0.717) is 0 Å². The lowest BCUT2D eigenvalue weighted by atomic mass is 10.2. The van der Waals surface area contributed by atoms with Gasteiger partial charge in [-0.3, -0.25) is 0 Å². The van der Waals surface area contributed by atoms with Crippen molar-refractivity contribution in [2.75, 3.05) is 19.8 Å². The number of carbonyl (C=O) groups excluding carboxylic acids is 2. The molecule has 0 unspecified atom stereocenters. The van der Waals surface area contributed by atoms with Crippen molar-refractivity contribution in [1.82, 2.24) is 5.32 Å². The number of halogens is 2. The van der Waals surface area contributed by atoms with Crippen LogP contribution < -0.4 is 10.1 Å². The molecule has 0 bridgehead atoms. The molecule has 0 atom stereocenters. The first-order valence-electron chi connectivity index (χ1n) is 7.40. The second-order valence-electron chi connectivity index (χ2n) is 5.77. The van der Waals surface area contributed by atoms with Gasteiger partial charge in [-0.05, 0) is 39.8 Å². The van der Waals surface area contributed by atoms with Crippen molar-refractivity contribution >= 4 is 12.1 Å². The van der Waals surface area contributed by atoms with Crippen LogP contribution in [0.15, 0.2) is 12.1 Å². The highest BCUT2D eigenvalue weighted by atomic mass is 19.1. The summed E-state index contributed by atoms with van der Waals surface area (Å²) >= 11 is 0. The lowest BCUT2D eigenvalue weighted by molar-refractivity contribution is 0.0510. The van der Waals surface area contributed by atoms with E-state index >= 15 is 0 Å². The van der Waals surface area contributed by atoms with Crippen molar-refractivity contribution in [1.29, 1.82) is 0 Å². The lowest BCUT2D eigenvalue weighted by Gasteiger charge is -2.19. The van der Waals surface area contributed by atoms with E-state index < -0.39 is 35.0 Å². The molecule has 6 nitrogen and oxygen atoms in total. The number of benzene rings is 1. The molecule has 1 aromatic carbocycles. The molecule has 1 N–H and O–H groups in total. The maximum absolute atomic E-state index is 13.8. The Kier molecular flexibility index (Phi) is 6.94. The second-order valence-corrected chi connectivity index (χ2v) is 5.77. The fourth-order valence-corrected chi connectivity index (χ4v) is 1.65. The molecule has 0 saturated carbocycles. The fourth-order valence-electron chi connectivity index (χ4n) is 1.65. The van der Waals surface area contributed by atoms with Gasteiger partial charge in [-0.1, -0.05) is 0 Å². The van der Waals surface area contributed by atoms with E-state index in [-0.39, 0.29) is 25.3 Å². The van der Waals surface area contributed by atoms with Crippen LogP contribution in [0.3, 0.4) is 0 Å². The first kappa shape index (κ1) is 19.7. The maximum Gasteiger partial charge on any atom is 0.407 e. The molecule has 0 aromatic heterocycles. The number of nitrogens with one attached hydrogen (secondary N) is 1. The zero-order chi connectivity index (χ0) is 18.3. The zero-order valence-electron chi connectivity index (χ0n) is 14.1. The molecule has 1 amide bonds. The van der Waals surface area contributed by atoms with E-state index in [9.17, 15) is 18.4 Å². The maximum atomic E-state index is 13.8. The van der Waals surface area contributed by atoms with Crippen molar-refractivity contribution in [3.05, 3.63) is 29.3 Å². The van der Waals surface area contributed by atoms with Crippen LogP contribution in [-0.2, 0) is 9.47 Å². The lowest BCUT2D eigenvalue weighted by Crippen LogP contribution is -2.34. The third kappa shape index (κ3) is 6.39. The monoisotopic (exact) mass is 345 g/mol. The van der Waals surface area contributed by atoms with Gasteiger partial charge in [0.25, 0.3) is 0 Å². The van der Waals surface area contributed by atoms with Gasteiger partial charge >= 0.3 is 12.1 Å². The van der Waals surface area contributed by atoms with Crippen LogP contribution in [0.4, 0.5) is 13.6 Å². The molecule has 8 heteroatoms. The molecular weight excluding hydrogens is 324 g/mol. The summed E-state index contributed by atoms with van der Waals surface area (Å²) in [5.41, 5.74) is -0.891. The summed E-state index contributed by atoms with van der Waals surface area (Å²) in [4.78, 5) is 22.8. The van der Waals surface area contributed by atoms with Gasteiger partial charge in [0.15, 0.2) is 17.4 Å². The molecule has 0 fully saturated rings. The summed E-state index contributed by atoms with van der Waals surface area (Å²) < 4.78 is 42.3. The average molecular weight is 345 g/mol. The normalized spacial score (nSPS) is 10.9. The van der Waals surface area contributed by atoms with Gasteiger partial charge < -0.3 is 19.5 Å². The van der Waals surface area contributed by atoms with Gasteiger partial charge in [-0.15, -0.1) is 0 Å². The molecule has 0 heterocycles. The van der Waals surface area contributed by atoms with Gasteiger partial charge in [-0.2, -0.15) is 0 Å². The summed E-state index contributed by atoms with van der Waals surface area (Å²) in [6.45, 7) is 6.62. The van der Waals surface area contributed by atoms with Crippen LogP contribution in [0.1, 0.15) is 38.1 Å². The smallest absolute Gasteiger partial charge is 0.407 e. The number of esters is 1. The van der Waals surface area contributed by atoms with Crippen LogP contribution in [0.2, 0.25) is 0 Å². The van der Waals surface area contributed by atoms with Crippen LogP contribution in [-0.4, -0.2) is 37.4 Å². The summed E-state index contributed by atoms with van der Waals surface area (Å²) in [7, 11) is 0. The molecule has 24 heavy (non-hydrogen) atoms. The third-order valence-corrected chi connectivity index (χ3v) is 2.53. The van der Waals surface area contributed by atoms with Crippen LogP contribution in [0.25, 0.3) is 0 Å². The van der Waals surface area contributed by atoms with E-state index in [4.69, 9.17) is 9.47 Å². The van der Waals surface area contributed by atoms with Crippen LogP contribution in [0, 0.1) is 11.6 Å². The van der Waals surface area contributed by atoms with Gasteiger partial charge in [-0.25, -0.2) is 18.4 Å². The number of hydrogen-bond acceptors (Lipinski definition) is 5. The molecule has 0 aliphatic heterocycles. The van der Waals surface area contributed by atoms with Gasteiger partial charge in [0, 0.05) is 0 Å². The summed E-state index contributed by atoms with van der Waals surface area (Å²) in [6, 6.07) is 1.66. The summed E-state index contributed by atoms with van der Waals surface area (Å²) in [6.07, 6.45) is -0.662. The standard InChI is InChI=1S/C16H21F2NO5/c1-5-22-14(20)10-8-11(17)13(12(18)9-10)23-7-6-19-15(21)24-16(2,3)4/h8-9H,5-7H2,1-4H3,(H,19,21). The Morgan fingerprint density at radius 1 is 1.17 bits per heavy atom. The Labute approximate surface area is 139 Å². The fraction of sp³-hybridized carbons (Fsp3) is 0.500. The van der Waals surface area contributed by atoms with E-state index in [1.54, 1.807) is 27.7 Å². The molecule has 1 aromatic rings. The van der Waals surface area contributed by atoms with E-state index in [0.717, 1.165) is 12.1 Å². The third-order valence-electron chi connectivity index (χ3n) is 2.53. The molecule has 0 aliphatic carbocycles. The van der Waals surface area contributed by atoms with E-state index in [1.165, 1.54) is 0 Å². The minimum atomic E-state index is -1.03. The first-order chi connectivity index (χ1) is 11.1. The van der Waals surface area contributed by atoms with Crippen molar-refractivity contribution in [3.8, 4) is 5.75 Å². The van der Waals surface area contributed by atoms with Crippen molar-refractivity contribution in [3.63, 3.8) is 0 Å². The highest BCUT2D eigenvalue weighted by molar-refractivity contribution is 5.89. The van der Waals surface area contributed by atoms with Crippen molar-refractivity contribution in [2.45, 2.75) is 33.3 Å². The Hall–Kier alpha value is -2.38. The van der Waals surface area contributed by atoms with Crippen molar-refractivity contribution in [2.24, 2.45) is 0 Å². The van der Waals surface area contributed by atoms with Gasteiger partial charge in [0.1, 0.15) is 12.2 Å². The average Bonchev–Trinajstić information content (AvgIpc) is 2.43. The minimum absolute atomic E-state index is 0.00653. The molecule has 0 radical (unpaired) electrons. The Morgan fingerprint density at radius 3 is 2.25 bits per heavy atom. The van der Waals surface area contributed by atoms with Crippen molar-refractivity contribution < 1.29 is 32.6 Å². The SMILES string of the molecule is CCOC(=O)c1cc(F)c(OCCNC(=O)OC(C)(C)C)c(F)c1. The van der Waals surface area contributed by atoms with Crippen LogP contribution >= 0.6 is 0 Å². The first-order valence-corrected chi connectivity index (χ1v) is 7.40. The molecule has 0 saturated heterocycles. The zero-order valence-corrected chi connectivity index (χ0v) is 14.1. The Bertz CT molecular complexity index is 576. The predicted octanol–water partition coefficient (Wildman–Crippen LogP) is 3.05. The van der Waals surface area contributed by atoms with Crippen LogP contribution in [0.5, 0.6) is 5.75 Å². The number of alkyl carbamates (subject to hydrolysis) is 1. The molecule has 0 spiro atoms. The van der Waals surface area contributed by atoms with E-state index in [2.05, 4.69) is 10.1 Å². The number of rotatable bonds is 6. The van der Waals surface area contributed by atoms with Gasteiger partial charge in [0.2, 0.25) is 0 Å². The highest BCUT2D eigenvalue weighted by Crippen LogP contribution is 2.23. The molecule has 134 valence electrons. The number of hydrogen-bond donors (Lipinski definition) is 1. The highest BCUT2D eigenvalue weighted by Gasteiger charge is 2.18. The Morgan fingerprint density at radius 2 is 1.75 bits per heavy atom. The topological polar surface area (TPSA) is 73.9 Å². The number of amides is 1. The van der Waals surface area contributed by atoms with Gasteiger partial charge in [0.05, 0.1) is 18.7 Å². The quantitative estimate of drug-likeness (QED) is 0.634. The summed E-state index contributed by atoms with van der Waals surface area (Å²) in [5, 5.41) is 2.39. The van der Waals surface area contributed by atoms with E-state index in [1.807, 2.05) is 0 Å². The second kappa shape index (κ2) is 8.47. The number of ether oxygens (including phenoxy) is 3.